The molecule has 0 radical (unpaired) electrons. The molecule has 2 amide bonds. The first kappa shape index (κ1) is 30.2. The molecule has 0 fully saturated rings. The number of amides is 2. The highest BCUT2D eigenvalue weighted by atomic mass is 32.1. The summed E-state index contributed by atoms with van der Waals surface area (Å²) in [6.07, 6.45) is 0. The molecule has 0 aliphatic heterocycles. The molecule has 0 bridgehead atoms. The number of benzene rings is 6. The lowest BCUT2D eigenvalue weighted by molar-refractivity contribution is 0.0935. The van der Waals surface area contributed by atoms with Crippen molar-refractivity contribution in [2.24, 2.45) is 0 Å². The number of thiocarbonyl (C=S) groups is 2. The van der Waals surface area contributed by atoms with E-state index in [1.165, 1.54) is 0 Å². The number of carbonyl (C=O) groups excluding carboxylic acids is 2. The van der Waals surface area contributed by atoms with E-state index in [1.807, 2.05) is 97.1 Å². The molecule has 0 aliphatic carbocycles. The van der Waals surface area contributed by atoms with Gasteiger partial charge in [-0.2, -0.15) is 0 Å². The average molecular weight is 641 g/mol. The van der Waals surface area contributed by atoms with Crippen LogP contribution in [0.3, 0.4) is 0 Å². The normalized spacial score (nSPS) is 10.5. The van der Waals surface area contributed by atoms with E-state index >= 15 is 0 Å². The number of nitrogens with one attached hydrogen (secondary N) is 6. The fourth-order valence-electron chi connectivity index (χ4n) is 5.17. The maximum absolute atomic E-state index is 13.4. The van der Waals surface area contributed by atoms with Crippen LogP contribution >= 0.6 is 24.4 Å². The lowest BCUT2D eigenvalue weighted by atomic mass is 9.95. The van der Waals surface area contributed by atoms with Crippen molar-refractivity contribution in [3.8, 4) is 11.1 Å². The zero-order chi connectivity index (χ0) is 31.9. The minimum absolute atomic E-state index is 0.223. The van der Waals surface area contributed by atoms with Crippen LogP contribution in [0.5, 0.6) is 0 Å². The average Bonchev–Trinajstić information content (AvgIpc) is 3.10. The Hall–Kier alpha value is -5.84. The first-order chi connectivity index (χ1) is 22.5. The molecule has 6 rings (SSSR count). The Morgan fingerprint density at radius 2 is 0.783 bits per heavy atom. The van der Waals surface area contributed by atoms with Gasteiger partial charge in [0.05, 0.1) is 0 Å². The third-order valence-corrected chi connectivity index (χ3v) is 7.70. The summed E-state index contributed by atoms with van der Waals surface area (Å²) in [5, 5.41) is 10.9. The quantitative estimate of drug-likeness (QED) is 0.0891. The van der Waals surface area contributed by atoms with Crippen LogP contribution in [0.25, 0.3) is 32.7 Å². The van der Waals surface area contributed by atoms with Crippen molar-refractivity contribution in [3.63, 3.8) is 0 Å². The number of fused-ring (bicyclic) bond motifs is 2. The predicted molar refractivity (Wildman–Crippen MR) is 193 cm³/mol. The smallest absolute Gasteiger partial charge is 0.270 e. The van der Waals surface area contributed by atoms with Crippen molar-refractivity contribution in [2.75, 3.05) is 10.6 Å². The number of hydrogen-bond donors (Lipinski definition) is 6. The zero-order valence-corrected chi connectivity index (χ0v) is 26.0. The SMILES string of the molecule is O=C(NNC(=S)Nc1cccc2ccccc12)c1ccccc1-c1ccccc1C(=O)NNC(=S)Nc1cccc2ccccc12. The Morgan fingerprint density at radius 1 is 0.413 bits per heavy atom. The molecule has 0 unspecified atom stereocenters. The molecule has 0 aromatic heterocycles. The Kier molecular flexibility index (Phi) is 9.09. The van der Waals surface area contributed by atoms with Gasteiger partial charge in [-0.05, 0) is 70.6 Å². The summed E-state index contributed by atoms with van der Waals surface area (Å²) in [5.74, 6) is -0.849. The largest absolute Gasteiger partial charge is 0.331 e. The molecule has 0 saturated heterocycles. The number of hydrogen-bond acceptors (Lipinski definition) is 4. The maximum atomic E-state index is 13.4. The van der Waals surface area contributed by atoms with E-state index < -0.39 is 11.8 Å². The Balaban J connectivity index is 1.12. The van der Waals surface area contributed by atoms with Gasteiger partial charge >= 0.3 is 0 Å². The summed E-state index contributed by atoms with van der Waals surface area (Å²) in [7, 11) is 0. The van der Waals surface area contributed by atoms with Crippen LogP contribution in [-0.2, 0) is 0 Å². The van der Waals surface area contributed by atoms with Crippen LogP contribution < -0.4 is 32.3 Å². The van der Waals surface area contributed by atoms with Crippen LogP contribution in [0.2, 0.25) is 0 Å². The Morgan fingerprint density at radius 3 is 1.24 bits per heavy atom. The van der Waals surface area contributed by atoms with Crippen LogP contribution in [0.4, 0.5) is 11.4 Å². The highest BCUT2D eigenvalue weighted by molar-refractivity contribution is 7.80. The van der Waals surface area contributed by atoms with Crippen LogP contribution in [0, 0.1) is 0 Å². The van der Waals surface area contributed by atoms with Gasteiger partial charge in [-0.25, -0.2) is 0 Å². The van der Waals surface area contributed by atoms with Gasteiger partial charge in [0.25, 0.3) is 11.8 Å². The van der Waals surface area contributed by atoms with Gasteiger partial charge in [0.15, 0.2) is 10.2 Å². The molecule has 226 valence electrons. The molecule has 0 aliphatic rings. The van der Waals surface area contributed by atoms with Gasteiger partial charge in [0.1, 0.15) is 0 Å². The number of rotatable bonds is 5. The second-order valence-electron chi connectivity index (χ2n) is 10.2. The van der Waals surface area contributed by atoms with Crippen molar-refractivity contribution in [3.05, 3.63) is 145 Å². The molecule has 8 nitrogen and oxygen atoms in total. The second-order valence-corrected chi connectivity index (χ2v) is 11.0. The van der Waals surface area contributed by atoms with Gasteiger partial charge in [-0.3, -0.25) is 31.3 Å². The van der Waals surface area contributed by atoms with E-state index in [0.29, 0.717) is 22.3 Å². The predicted octanol–water partition coefficient (Wildman–Crippen LogP) is 6.92. The first-order valence-corrected chi connectivity index (χ1v) is 15.2. The van der Waals surface area contributed by atoms with Crippen molar-refractivity contribution < 1.29 is 9.59 Å². The molecular formula is C36H28N6O2S2. The van der Waals surface area contributed by atoms with E-state index in [1.54, 1.807) is 36.4 Å². The fraction of sp³-hybridized carbons (Fsp3) is 0. The standard InChI is InChI=1S/C36H28N6O2S2/c43-33(39-41-35(45)37-31-21-9-13-23-11-1-3-15-25(23)31)29-19-7-5-17-27(29)28-18-6-8-20-30(28)34(44)40-42-36(46)38-32-22-10-14-24-12-2-4-16-26(24)32/h1-22H,(H,39,43)(H,40,44)(H2,37,41,45)(H2,38,42,46). The molecule has 6 aromatic carbocycles. The summed E-state index contributed by atoms with van der Waals surface area (Å²) in [5.41, 5.74) is 14.4. The monoisotopic (exact) mass is 640 g/mol. The van der Waals surface area contributed by atoms with Crippen molar-refractivity contribution in [1.82, 2.24) is 21.7 Å². The van der Waals surface area contributed by atoms with Crippen molar-refractivity contribution in [1.29, 1.82) is 0 Å². The third kappa shape index (κ3) is 6.78. The maximum Gasteiger partial charge on any atom is 0.270 e. The van der Waals surface area contributed by atoms with Gasteiger partial charge in [-0.1, -0.05) is 109 Å². The summed E-state index contributed by atoms with van der Waals surface area (Å²) in [6.45, 7) is 0. The third-order valence-electron chi connectivity index (χ3n) is 7.29. The molecule has 0 atom stereocenters. The molecular weight excluding hydrogens is 613 g/mol. The summed E-state index contributed by atoms with van der Waals surface area (Å²) in [4.78, 5) is 26.7. The minimum Gasteiger partial charge on any atom is -0.331 e. The van der Waals surface area contributed by atoms with E-state index in [2.05, 4.69) is 32.3 Å². The van der Waals surface area contributed by atoms with Gasteiger partial charge < -0.3 is 10.6 Å². The number of carbonyl (C=O) groups is 2. The molecule has 10 heteroatoms. The minimum atomic E-state index is -0.425. The van der Waals surface area contributed by atoms with Crippen LogP contribution in [0.1, 0.15) is 20.7 Å². The van der Waals surface area contributed by atoms with E-state index in [9.17, 15) is 9.59 Å². The highest BCUT2D eigenvalue weighted by Gasteiger charge is 2.18. The molecule has 46 heavy (non-hydrogen) atoms. The highest BCUT2D eigenvalue weighted by Crippen LogP contribution is 2.28. The number of hydrazine groups is 2. The molecule has 6 aromatic rings. The molecule has 0 saturated carbocycles. The Labute approximate surface area is 276 Å². The molecule has 0 spiro atoms. The summed E-state index contributed by atoms with van der Waals surface area (Å²) < 4.78 is 0. The van der Waals surface area contributed by atoms with Gasteiger partial charge in [0.2, 0.25) is 0 Å². The number of anilines is 2. The van der Waals surface area contributed by atoms with Crippen LogP contribution in [0.15, 0.2) is 133 Å². The van der Waals surface area contributed by atoms with Gasteiger partial charge in [0, 0.05) is 33.3 Å². The van der Waals surface area contributed by atoms with Crippen molar-refractivity contribution in [2.45, 2.75) is 0 Å². The second kappa shape index (κ2) is 13.9. The zero-order valence-electron chi connectivity index (χ0n) is 24.3. The van der Waals surface area contributed by atoms with Crippen molar-refractivity contribution >= 4 is 79.4 Å². The summed E-state index contributed by atoms with van der Waals surface area (Å²) >= 11 is 10.9. The lowest BCUT2D eigenvalue weighted by Crippen LogP contribution is -2.44. The summed E-state index contributed by atoms with van der Waals surface area (Å²) in [6, 6.07) is 41.7. The lowest BCUT2D eigenvalue weighted by Gasteiger charge is -2.17. The molecule has 6 N–H and O–H groups in total. The first-order valence-electron chi connectivity index (χ1n) is 14.4. The van der Waals surface area contributed by atoms with Crippen LogP contribution in [-0.4, -0.2) is 22.0 Å². The van der Waals surface area contributed by atoms with Gasteiger partial charge in [-0.15, -0.1) is 0 Å². The molecule has 0 heterocycles. The van der Waals surface area contributed by atoms with E-state index in [-0.39, 0.29) is 10.2 Å². The van der Waals surface area contributed by atoms with E-state index in [4.69, 9.17) is 24.4 Å². The fourth-order valence-corrected chi connectivity index (χ4v) is 5.49. The Bertz CT molecular complexity index is 1960. The van der Waals surface area contributed by atoms with E-state index in [0.717, 1.165) is 32.9 Å². The topological polar surface area (TPSA) is 106 Å².